The summed E-state index contributed by atoms with van der Waals surface area (Å²) in [6.07, 6.45) is 6.28. The molecule has 2 aliphatic rings. The number of hydrogen-bond acceptors (Lipinski definition) is 7. The number of halogens is 1. The van der Waals surface area contributed by atoms with E-state index in [9.17, 15) is 9.59 Å². The third-order valence-electron chi connectivity index (χ3n) is 9.28. The summed E-state index contributed by atoms with van der Waals surface area (Å²) in [5.74, 6) is 1.78. The molecule has 47 heavy (non-hydrogen) atoms. The van der Waals surface area contributed by atoms with Gasteiger partial charge in [0.1, 0.15) is 30.3 Å². The number of nitrogens with one attached hydrogen (secondary N) is 1. The van der Waals surface area contributed by atoms with Crippen molar-refractivity contribution in [1.29, 1.82) is 0 Å². The van der Waals surface area contributed by atoms with Crippen LogP contribution in [0.5, 0.6) is 23.0 Å². The Kier molecular flexibility index (Phi) is 9.94. The first-order valence-electron chi connectivity index (χ1n) is 16.2. The molecule has 2 heterocycles. The highest BCUT2D eigenvalue weighted by Gasteiger charge is 2.31. The van der Waals surface area contributed by atoms with E-state index in [0.717, 1.165) is 61.3 Å². The molecule has 1 amide bonds. The molecule has 3 aromatic carbocycles. The van der Waals surface area contributed by atoms with Gasteiger partial charge in [0.25, 0.3) is 5.91 Å². The van der Waals surface area contributed by atoms with Crippen LogP contribution in [0.3, 0.4) is 0 Å². The Labute approximate surface area is 280 Å². The predicted octanol–water partition coefficient (Wildman–Crippen LogP) is 6.77. The Morgan fingerprint density at radius 1 is 0.936 bits per heavy atom. The number of ether oxygens (including phenoxy) is 4. The third kappa shape index (κ3) is 7.21. The van der Waals surface area contributed by atoms with Gasteiger partial charge < -0.3 is 33.7 Å². The largest absolute Gasteiger partial charge is 0.497 e. The molecule has 1 aliphatic carbocycles. The summed E-state index contributed by atoms with van der Waals surface area (Å²) in [5.41, 5.74) is 2.09. The number of benzene rings is 3. The van der Waals surface area contributed by atoms with Gasteiger partial charge in [0.05, 0.1) is 30.1 Å². The van der Waals surface area contributed by atoms with Crippen LogP contribution in [-0.2, 0) is 13.2 Å². The first-order valence-corrected chi connectivity index (χ1v) is 16.6. The number of piperidine rings is 1. The Hall–Kier alpha value is -4.21. The van der Waals surface area contributed by atoms with Crippen molar-refractivity contribution in [1.82, 2.24) is 14.8 Å². The topological polar surface area (TPSA) is 91.3 Å². The zero-order valence-electron chi connectivity index (χ0n) is 27.4. The van der Waals surface area contributed by atoms with Crippen molar-refractivity contribution in [2.75, 3.05) is 27.8 Å². The molecular formula is C37H42ClN3O6. The van der Waals surface area contributed by atoms with E-state index in [0.29, 0.717) is 17.3 Å². The highest BCUT2D eigenvalue weighted by Crippen LogP contribution is 2.44. The summed E-state index contributed by atoms with van der Waals surface area (Å²) >= 11 is 7.11. The summed E-state index contributed by atoms with van der Waals surface area (Å²) in [6, 6.07) is 17.5. The Balaban J connectivity index is 1.38. The van der Waals surface area contributed by atoms with Gasteiger partial charge in [0.2, 0.25) is 5.43 Å². The second-order valence-corrected chi connectivity index (χ2v) is 12.8. The van der Waals surface area contributed by atoms with E-state index in [4.69, 9.17) is 30.5 Å². The first-order chi connectivity index (χ1) is 22.8. The van der Waals surface area contributed by atoms with E-state index >= 15 is 0 Å². The van der Waals surface area contributed by atoms with Gasteiger partial charge in [0.15, 0.2) is 11.5 Å². The van der Waals surface area contributed by atoms with Gasteiger partial charge in [-0.1, -0.05) is 42.8 Å². The van der Waals surface area contributed by atoms with Gasteiger partial charge in [-0.05, 0) is 74.5 Å². The molecular weight excluding hydrogens is 618 g/mol. The number of methoxy groups -OCH3 is 2. The summed E-state index contributed by atoms with van der Waals surface area (Å²) in [5, 5.41) is 3.54. The normalized spacial score (nSPS) is 18.1. The van der Waals surface area contributed by atoms with Gasteiger partial charge in [-0.15, -0.1) is 0 Å². The fourth-order valence-corrected chi connectivity index (χ4v) is 6.61. The van der Waals surface area contributed by atoms with Gasteiger partial charge >= 0.3 is 0 Å². The predicted molar refractivity (Wildman–Crippen MR) is 183 cm³/mol. The van der Waals surface area contributed by atoms with Crippen molar-refractivity contribution in [3.8, 4) is 23.0 Å². The number of amides is 1. The average Bonchev–Trinajstić information content (AvgIpc) is 3.94. The number of hydrogen-bond donors (Lipinski definition) is 1. The number of carbonyl (C=O) groups is 1. The quantitative estimate of drug-likeness (QED) is 0.180. The smallest absolute Gasteiger partial charge is 0.256 e. The highest BCUT2D eigenvalue weighted by atomic mass is 35.5. The number of carbonyl (C=O) groups excluding carboxylic acids is 1. The Morgan fingerprint density at radius 3 is 2.13 bits per heavy atom. The monoisotopic (exact) mass is 659 g/mol. The molecule has 1 saturated carbocycles. The minimum absolute atomic E-state index is 0.000662. The lowest BCUT2D eigenvalue weighted by molar-refractivity contribution is 0.0885. The lowest BCUT2D eigenvalue weighted by Gasteiger charge is -2.37. The molecule has 9 nitrogen and oxygen atoms in total. The van der Waals surface area contributed by atoms with Crippen molar-refractivity contribution in [3.63, 3.8) is 0 Å². The maximum Gasteiger partial charge on any atom is 0.256 e. The Morgan fingerprint density at radius 2 is 1.55 bits per heavy atom. The number of fused-ring (bicyclic) bond motifs is 1. The van der Waals surface area contributed by atoms with Gasteiger partial charge in [-0.2, -0.15) is 0 Å². The Bertz CT molecular complexity index is 1790. The van der Waals surface area contributed by atoms with Crippen molar-refractivity contribution in [2.45, 2.75) is 70.4 Å². The molecule has 2 atom stereocenters. The molecule has 0 spiro atoms. The summed E-state index contributed by atoms with van der Waals surface area (Å²) < 4.78 is 25.2. The van der Waals surface area contributed by atoms with Crippen LogP contribution < -0.4 is 29.7 Å². The number of nitrogens with zero attached hydrogens (tertiary/aromatic N) is 2. The molecule has 0 radical (unpaired) electrons. The van der Waals surface area contributed by atoms with Crippen LogP contribution in [0.25, 0.3) is 10.9 Å². The van der Waals surface area contributed by atoms with E-state index in [1.165, 1.54) is 0 Å². The number of pyridine rings is 1. The van der Waals surface area contributed by atoms with Crippen LogP contribution in [0.2, 0.25) is 5.02 Å². The van der Waals surface area contributed by atoms with Crippen LogP contribution in [0, 0.1) is 0 Å². The summed E-state index contributed by atoms with van der Waals surface area (Å²) in [6.45, 7) is 3.48. The standard InChI is InChI=1S/C37H42ClN3O6/c1-5-26-18-25(16-17-40(26)2)39-37(43)30-20-41(27-10-11-27)31-19-32(46-21-23-6-12-28(44-3)13-7-23)36(34(38)33(31)35(30)42)47-22-24-8-14-29(45-4)15-9-24/h6-9,12-15,19-20,25-27H,5,10-11,16-18,21-22H2,1-4H3,(H,39,43)/t25-,26-/m1/s1. The lowest BCUT2D eigenvalue weighted by atomic mass is 9.95. The fourth-order valence-electron chi connectivity index (χ4n) is 6.28. The van der Waals surface area contributed by atoms with Crippen molar-refractivity contribution in [2.24, 2.45) is 0 Å². The molecule has 1 aliphatic heterocycles. The third-order valence-corrected chi connectivity index (χ3v) is 9.64. The molecule has 0 bridgehead atoms. The van der Waals surface area contributed by atoms with Gasteiger partial charge in [-0.25, -0.2) is 0 Å². The van der Waals surface area contributed by atoms with Gasteiger partial charge in [0, 0.05) is 36.9 Å². The molecule has 0 unspecified atom stereocenters. The number of rotatable bonds is 12. The van der Waals surface area contributed by atoms with Crippen molar-refractivity contribution < 1.29 is 23.7 Å². The molecule has 1 N–H and O–H groups in total. The van der Waals surface area contributed by atoms with Crippen LogP contribution in [0.1, 0.15) is 66.6 Å². The van der Waals surface area contributed by atoms with E-state index in [1.54, 1.807) is 20.4 Å². The van der Waals surface area contributed by atoms with Crippen molar-refractivity contribution in [3.05, 3.63) is 92.7 Å². The minimum atomic E-state index is -0.421. The highest BCUT2D eigenvalue weighted by molar-refractivity contribution is 6.37. The van der Waals surface area contributed by atoms with E-state index in [1.807, 2.05) is 59.2 Å². The molecule has 248 valence electrons. The lowest BCUT2D eigenvalue weighted by Crippen LogP contribution is -2.48. The van der Waals surface area contributed by atoms with Crippen LogP contribution in [0.4, 0.5) is 0 Å². The van der Waals surface area contributed by atoms with Crippen molar-refractivity contribution >= 4 is 28.4 Å². The molecule has 1 saturated heterocycles. The maximum atomic E-state index is 14.2. The van der Waals surface area contributed by atoms with Gasteiger partial charge in [-0.3, -0.25) is 9.59 Å². The molecule has 6 rings (SSSR count). The molecule has 10 heteroatoms. The maximum absolute atomic E-state index is 14.2. The molecule has 4 aromatic rings. The first kappa shape index (κ1) is 32.7. The van der Waals surface area contributed by atoms with E-state index in [-0.39, 0.29) is 52.9 Å². The van der Waals surface area contributed by atoms with E-state index in [2.05, 4.69) is 24.2 Å². The van der Waals surface area contributed by atoms with Crippen LogP contribution >= 0.6 is 11.6 Å². The number of likely N-dealkylation sites (tertiary alicyclic amines) is 1. The summed E-state index contributed by atoms with van der Waals surface area (Å²) in [7, 11) is 5.36. The van der Waals surface area contributed by atoms with Crippen LogP contribution in [-0.4, -0.2) is 55.3 Å². The van der Waals surface area contributed by atoms with Crippen LogP contribution in [0.15, 0.2) is 65.6 Å². The fraction of sp³-hybridized carbons (Fsp3) is 0.405. The minimum Gasteiger partial charge on any atom is -0.497 e. The second-order valence-electron chi connectivity index (χ2n) is 12.4. The number of aromatic nitrogens is 1. The van der Waals surface area contributed by atoms with E-state index < -0.39 is 5.43 Å². The zero-order chi connectivity index (χ0) is 33.1. The molecule has 1 aromatic heterocycles. The second kappa shape index (κ2) is 14.3. The summed E-state index contributed by atoms with van der Waals surface area (Å²) in [4.78, 5) is 30.2. The zero-order valence-corrected chi connectivity index (χ0v) is 28.1. The average molecular weight is 660 g/mol. The SMILES string of the molecule is CC[C@@H]1C[C@H](NC(=O)c2cn(C3CC3)c3cc(OCc4ccc(OC)cc4)c(OCc4ccc(OC)cc4)c(Cl)c3c2=O)CCN1C. The molecule has 2 fully saturated rings.